The van der Waals surface area contributed by atoms with E-state index in [9.17, 15) is 0 Å². The van der Waals surface area contributed by atoms with Gasteiger partial charge in [0.1, 0.15) is 0 Å². The average Bonchev–Trinajstić information content (AvgIpc) is 2.53. The first-order valence-corrected chi connectivity index (χ1v) is 8.76. The molecule has 3 heteroatoms. The van der Waals surface area contributed by atoms with Crippen LogP contribution in [0.25, 0.3) is 0 Å². The third-order valence-electron chi connectivity index (χ3n) is 4.18. The average molecular weight is 310 g/mol. The van der Waals surface area contributed by atoms with Crippen molar-refractivity contribution in [2.75, 3.05) is 32.8 Å². The summed E-state index contributed by atoms with van der Waals surface area (Å²) in [4.78, 5) is 2.39. The van der Waals surface area contributed by atoms with Crippen molar-refractivity contribution >= 4 is 11.6 Å². The molecule has 0 aliphatic carbocycles. The van der Waals surface area contributed by atoms with Gasteiger partial charge < -0.3 is 4.74 Å². The Kier molecular flexibility index (Phi) is 7.56. The zero-order chi connectivity index (χ0) is 14.9. The standard InChI is InChI=1S/C18H28ClNO/c1-2-3-4-5-6-16-7-9-17(10-8-16)18(19)15-20-11-13-21-14-12-20/h7-10,18H,2-6,11-15H2,1H3. The second-order valence-corrected chi connectivity index (χ2v) is 6.46. The number of hydrogen-bond donors (Lipinski definition) is 0. The van der Waals surface area contributed by atoms with Gasteiger partial charge in [-0.2, -0.15) is 0 Å². The van der Waals surface area contributed by atoms with Gasteiger partial charge in [0.2, 0.25) is 0 Å². The number of ether oxygens (including phenoxy) is 1. The summed E-state index contributed by atoms with van der Waals surface area (Å²) < 4.78 is 5.37. The third kappa shape index (κ3) is 5.98. The summed E-state index contributed by atoms with van der Waals surface area (Å²) in [5, 5.41) is 0.0808. The minimum absolute atomic E-state index is 0.0808. The topological polar surface area (TPSA) is 12.5 Å². The van der Waals surface area contributed by atoms with E-state index in [-0.39, 0.29) is 5.38 Å². The van der Waals surface area contributed by atoms with E-state index < -0.39 is 0 Å². The van der Waals surface area contributed by atoms with Crippen molar-refractivity contribution in [1.82, 2.24) is 4.90 Å². The van der Waals surface area contributed by atoms with E-state index in [2.05, 4.69) is 36.1 Å². The van der Waals surface area contributed by atoms with Crippen LogP contribution in [0.2, 0.25) is 0 Å². The molecule has 118 valence electrons. The Morgan fingerprint density at radius 2 is 1.81 bits per heavy atom. The van der Waals surface area contributed by atoms with Gasteiger partial charge in [-0.25, -0.2) is 0 Å². The van der Waals surface area contributed by atoms with Gasteiger partial charge in [0.25, 0.3) is 0 Å². The minimum Gasteiger partial charge on any atom is -0.379 e. The lowest BCUT2D eigenvalue weighted by atomic mass is 10.0. The van der Waals surface area contributed by atoms with Crippen molar-refractivity contribution in [3.05, 3.63) is 35.4 Å². The number of morpholine rings is 1. The molecule has 1 aromatic rings. The molecule has 1 aromatic carbocycles. The zero-order valence-corrected chi connectivity index (χ0v) is 13.9. The molecule has 1 unspecified atom stereocenters. The molecule has 0 bridgehead atoms. The first-order chi connectivity index (χ1) is 10.3. The molecular formula is C18H28ClNO. The maximum Gasteiger partial charge on any atom is 0.0712 e. The molecule has 21 heavy (non-hydrogen) atoms. The maximum atomic E-state index is 6.56. The van der Waals surface area contributed by atoms with E-state index in [4.69, 9.17) is 16.3 Å². The van der Waals surface area contributed by atoms with Gasteiger partial charge in [0.05, 0.1) is 18.6 Å². The molecule has 0 radical (unpaired) electrons. The number of unbranched alkanes of at least 4 members (excludes halogenated alkanes) is 3. The smallest absolute Gasteiger partial charge is 0.0712 e. The van der Waals surface area contributed by atoms with Gasteiger partial charge in [0, 0.05) is 19.6 Å². The first-order valence-electron chi connectivity index (χ1n) is 8.32. The molecule has 1 aliphatic heterocycles. The molecule has 2 rings (SSSR count). The van der Waals surface area contributed by atoms with Crippen LogP contribution in [-0.2, 0) is 11.2 Å². The number of halogens is 1. The molecular weight excluding hydrogens is 282 g/mol. The summed E-state index contributed by atoms with van der Waals surface area (Å²) in [7, 11) is 0. The van der Waals surface area contributed by atoms with Crippen molar-refractivity contribution in [3.63, 3.8) is 0 Å². The van der Waals surface area contributed by atoms with E-state index in [1.165, 1.54) is 43.2 Å². The van der Waals surface area contributed by atoms with E-state index in [0.717, 1.165) is 32.8 Å². The monoisotopic (exact) mass is 309 g/mol. The summed E-state index contributed by atoms with van der Waals surface area (Å²) in [5.74, 6) is 0. The summed E-state index contributed by atoms with van der Waals surface area (Å²) in [5.41, 5.74) is 2.67. The SMILES string of the molecule is CCCCCCc1ccc(C(Cl)CN2CCOCC2)cc1. The molecule has 1 atom stereocenters. The van der Waals surface area contributed by atoms with Gasteiger partial charge in [-0.1, -0.05) is 50.5 Å². The number of nitrogens with zero attached hydrogens (tertiary/aromatic N) is 1. The van der Waals surface area contributed by atoms with E-state index in [1.54, 1.807) is 0 Å². The molecule has 0 saturated carbocycles. The van der Waals surface area contributed by atoms with Crippen LogP contribution in [-0.4, -0.2) is 37.7 Å². The molecule has 1 fully saturated rings. The van der Waals surface area contributed by atoms with E-state index >= 15 is 0 Å². The van der Waals surface area contributed by atoms with Crippen LogP contribution in [0.1, 0.15) is 49.1 Å². The van der Waals surface area contributed by atoms with Gasteiger partial charge in [0.15, 0.2) is 0 Å². The Morgan fingerprint density at radius 1 is 1.10 bits per heavy atom. The lowest BCUT2D eigenvalue weighted by Crippen LogP contribution is -2.38. The van der Waals surface area contributed by atoms with Crippen LogP contribution >= 0.6 is 11.6 Å². The quantitative estimate of drug-likeness (QED) is 0.520. The van der Waals surface area contributed by atoms with Crippen molar-refractivity contribution in [3.8, 4) is 0 Å². The molecule has 0 N–H and O–H groups in total. The summed E-state index contributed by atoms with van der Waals surface area (Å²) in [6.07, 6.45) is 6.48. The number of alkyl halides is 1. The molecule has 1 saturated heterocycles. The number of hydrogen-bond acceptors (Lipinski definition) is 2. The minimum atomic E-state index is 0.0808. The third-order valence-corrected chi connectivity index (χ3v) is 4.57. The van der Waals surface area contributed by atoms with Gasteiger partial charge in [-0.3, -0.25) is 4.90 Å². The Morgan fingerprint density at radius 3 is 2.48 bits per heavy atom. The van der Waals surface area contributed by atoms with Crippen LogP contribution in [0.5, 0.6) is 0 Å². The molecule has 0 amide bonds. The fraction of sp³-hybridized carbons (Fsp3) is 0.667. The Labute approximate surface area is 134 Å². The highest BCUT2D eigenvalue weighted by molar-refractivity contribution is 6.21. The van der Waals surface area contributed by atoms with Crippen LogP contribution in [0.3, 0.4) is 0 Å². The molecule has 1 aliphatic rings. The number of benzene rings is 1. The first kappa shape index (κ1) is 16.8. The number of aryl methyl sites for hydroxylation is 1. The van der Waals surface area contributed by atoms with E-state index in [1.807, 2.05) is 0 Å². The maximum absolute atomic E-state index is 6.56. The molecule has 2 nitrogen and oxygen atoms in total. The van der Waals surface area contributed by atoms with Crippen LogP contribution in [0, 0.1) is 0 Å². The van der Waals surface area contributed by atoms with Gasteiger partial charge >= 0.3 is 0 Å². The molecule has 0 aromatic heterocycles. The Balaban J connectivity index is 1.77. The Hall–Kier alpha value is -0.570. The fourth-order valence-corrected chi connectivity index (χ4v) is 3.11. The second-order valence-electron chi connectivity index (χ2n) is 5.93. The van der Waals surface area contributed by atoms with Crippen molar-refractivity contribution in [2.45, 2.75) is 44.4 Å². The normalized spacial score (nSPS) is 17.8. The van der Waals surface area contributed by atoms with E-state index in [0.29, 0.717) is 0 Å². The second kappa shape index (κ2) is 9.45. The van der Waals surface area contributed by atoms with Gasteiger partial charge in [-0.05, 0) is 24.0 Å². The fourth-order valence-electron chi connectivity index (χ4n) is 2.76. The molecule has 0 spiro atoms. The number of rotatable bonds is 8. The highest BCUT2D eigenvalue weighted by Gasteiger charge is 2.16. The lowest BCUT2D eigenvalue weighted by Gasteiger charge is -2.28. The van der Waals surface area contributed by atoms with Crippen LogP contribution in [0.15, 0.2) is 24.3 Å². The predicted octanol–water partition coefficient (Wildman–Crippen LogP) is 4.42. The highest BCUT2D eigenvalue weighted by Crippen LogP contribution is 2.23. The summed E-state index contributed by atoms with van der Waals surface area (Å²) in [6.45, 7) is 6.84. The summed E-state index contributed by atoms with van der Waals surface area (Å²) in [6, 6.07) is 8.90. The van der Waals surface area contributed by atoms with Crippen molar-refractivity contribution in [1.29, 1.82) is 0 Å². The highest BCUT2D eigenvalue weighted by atomic mass is 35.5. The predicted molar refractivity (Wildman–Crippen MR) is 90.1 cm³/mol. The molecule has 1 heterocycles. The Bertz CT molecular complexity index is 387. The van der Waals surface area contributed by atoms with Crippen molar-refractivity contribution in [2.24, 2.45) is 0 Å². The van der Waals surface area contributed by atoms with Crippen LogP contribution < -0.4 is 0 Å². The lowest BCUT2D eigenvalue weighted by molar-refractivity contribution is 0.0379. The van der Waals surface area contributed by atoms with Crippen molar-refractivity contribution < 1.29 is 4.74 Å². The van der Waals surface area contributed by atoms with Gasteiger partial charge in [-0.15, -0.1) is 11.6 Å². The van der Waals surface area contributed by atoms with Crippen LogP contribution in [0.4, 0.5) is 0 Å². The summed E-state index contributed by atoms with van der Waals surface area (Å²) >= 11 is 6.56. The largest absolute Gasteiger partial charge is 0.379 e. The zero-order valence-electron chi connectivity index (χ0n) is 13.2.